The van der Waals surface area contributed by atoms with Crippen molar-refractivity contribution in [2.45, 2.75) is 127 Å². The highest BCUT2D eigenvalue weighted by Gasteiger charge is 2.37. The summed E-state index contributed by atoms with van der Waals surface area (Å²) in [4.78, 5) is 21.0. The second-order valence-corrected chi connectivity index (χ2v) is 12.0. The van der Waals surface area contributed by atoms with Gasteiger partial charge in [0.25, 0.3) is 0 Å². The Balaban J connectivity index is 0. The SMILES string of the molecule is CC(C#N)(CCC(=O)O)N=NC(C)(C#N)CCC(=O)O.COC(C)(C)CC(C)(C#N)N=NC(C)(C#N)CC(C)(C)OC. The first-order chi connectivity index (χ1) is 19.0. The van der Waals surface area contributed by atoms with E-state index in [1.807, 2.05) is 39.8 Å². The Morgan fingerprint density at radius 1 is 0.571 bits per heavy atom. The Labute approximate surface area is 248 Å². The molecule has 4 atom stereocenters. The van der Waals surface area contributed by atoms with Gasteiger partial charge < -0.3 is 19.7 Å². The van der Waals surface area contributed by atoms with E-state index in [1.165, 1.54) is 13.8 Å². The Bertz CT molecular complexity index is 1070. The van der Waals surface area contributed by atoms with Crippen molar-refractivity contribution >= 4 is 11.9 Å². The molecule has 0 rings (SSSR count). The standard InChI is InChI=1S/C16H28N4O2.C12H16N4O4/c1-13(2,21-7)9-15(5,11-17)19-20-16(6,12-18)10-14(3,4)22-8;1-11(7-13,5-3-9(17)18)15-16-12(2,8-14)6-4-10(19)20/h9-10H2,1-8H3;3-6H2,1-2H3,(H,17,18)(H,19,20). The van der Waals surface area contributed by atoms with Crippen LogP contribution < -0.4 is 0 Å². The first-order valence-electron chi connectivity index (χ1n) is 13.1. The summed E-state index contributed by atoms with van der Waals surface area (Å²) in [6.07, 6.45) is 0.186. The van der Waals surface area contributed by atoms with Crippen LogP contribution in [0.5, 0.6) is 0 Å². The van der Waals surface area contributed by atoms with Crippen LogP contribution in [0.25, 0.3) is 0 Å². The lowest BCUT2D eigenvalue weighted by Crippen LogP contribution is -2.37. The largest absolute Gasteiger partial charge is 0.481 e. The Hall–Kier alpha value is -3.98. The molecular formula is C28H44N8O6. The summed E-state index contributed by atoms with van der Waals surface area (Å²) < 4.78 is 10.7. The van der Waals surface area contributed by atoms with Crippen LogP contribution >= 0.6 is 0 Å². The summed E-state index contributed by atoms with van der Waals surface area (Å²) in [6.45, 7) is 13.7. The molecule has 232 valence electrons. The molecule has 0 saturated heterocycles. The second kappa shape index (κ2) is 16.5. The highest BCUT2D eigenvalue weighted by Crippen LogP contribution is 2.30. The van der Waals surface area contributed by atoms with Gasteiger partial charge in [0, 0.05) is 39.9 Å². The summed E-state index contributed by atoms with van der Waals surface area (Å²) >= 11 is 0. The number of rotatable bonds is 16. The van der Waals surface area contributed by atoms with Gasteiger partial charge in [-0.2, -0.15) is 41.5 Å². The highest BCUT2D eigenvalue weighted by atomic mass is 16.5. The molecule has 0 aliphatic heterocycles. The van der Waals surface area contributed by atoms with Crippen LogP contribution in [0.15, 0.2) is 20.5 Å². The maximum absolute atomic E-state index is 10.5. The highest BCUT2D eigenvalue weighted by molar-refractivity contribution is 5.67. The predicted octanol–water partition coefficient (Wildman–Crippen LogP) is 5.37. The van der Waals surface area contributed by atoms with E-state index in [0.29, 0.717) is 12.8 Å². The first kappa shape index (κ1) is 40.2. The molecule has 4 unspecified atom stereocenters. The number of hydrogen-bond donors (Lipinski definition) is 2. The average molecular weight is 589 g/mol. The van der Waals surface area contributed by atoms with E-state index < -0.39 is 45.3 Å². The van der Waals surface area contributed by atoms with Crippen LogP contribution in [0.1, 0.15) is 93.9 Å². The Morgan fingerprint density at radius 2 is 0.810 bits per heavy atom. The molecule has 0 amide bonds. The van der Waals surface area contributed by atoms with Gasteiger partial charge in [-0.15, -0.1) is 0 Å². The fourth-order valence-corrected chi connectivity index (χ4v) is 3.40. The molecule has 2 N–H and O–H groups in total. The number of aliphatic carboxylic acids is 2. The fraction of sp³-hybridized carbons (Fsp3) is 0.786. The topological polar surface area (TPSA) is 238 Å². The molecule has 0 bridgehead atoms. The number of nitrogens with zero attached hydrogens (tertiary/aromatic N) is 8. The molecule has 0 aromatic carbocycles. The van der Waals surface area contributed by atoms with E-state index in [2.05, 4.69) is 32.6 Å². The molecule has 14 heteroatoms. The molecular weight excluding hydrogens is 544 g/mol. The molecule has 42 heavy (non-hydrogen) atoms. The van der Waals surface area contributed by atoms with Gasteiger partial charge in [0.05, 0.1) is 35.5 Å². The predicted molar refractivity (Wildman–Crippen MR) is 151 cm³/mol. The van der Waals surface area contributed by atoms with Crippen LogP contribution in [-0.2, 0) is 19.1 Å². The third-order valence-electron chi connectivity index (χ3n) is 6.24. The summed E-state index contributed by atoms with van der Waals surface area (Å²) in [5, 5.41) is 69.9. The minimum absolute atomic E-state index is 0.0389. The molecule has 0 fully saturated rings. The molecule has 0 radical (unpaired) electrons. The van der Waals surface area contributed by atoms with Crippen LogP contribution in [-0.4, -0.2) is 69.7 Å². The van der Waals surface area contributed by atoms with Gasteiger partial charge in [0.2, 0.25) is 0 Å². The lowest BCUT2D eigenvalue weighted by Gasteiger charge is -2.31. The quantitative estimate of drug-likeness (QED) is 0.218. The Morgan fingerprint density at radius 3 is 1.00 bits per heavy atom. The third kappa shape index (κ3) is 16.3. The number of carboxylic acids is 2. The molecule has 0 aromatic heterocycles. The number of methoxy groups -OCH3 is 2. The first-order valence-corrected chi connectivity index (χ1v) is 13.1. The maximum Gasteiger partial charge on any atom is 0.303 e. The fourth-order valence-electron chi connectivity index (χ4n) is 3.40. The molecule has 0 aliphatic rings. The van der Waals surface area contributed by atoms with Gasteiger partial charge in [0.15, 0.2) is 22.2 Å². The molecule has 0 aromatic rings. The number of ether oxygens (including phenoxy) is 2. The van der Waals surface area contributed by atoms with Crippen molar-refractivity contribution < 1.29 is 29.3 Å². The lowest BCUT2D eigenvalue weighted by atomic mass is 9.88. The molecule has 0 saturated carbocycles. The van der Waals surface area contributed by atoms with Crippen molar-refractivity contribution in [2.24, 2.45) is 20.5 Å². The van der Waals surface area contributed by atoms with Crippen molar-refractivity contribution in [3.63, 3.8) is 0 Å². The van der Waals surface area contributed by atoms with Crippen LogP contribution in [0.3, 0.4) is 0 Å². The number of azo groups is 2. The second-order valence-electron chi connectivity index (χ2n) is 12.0. The van der Waals surface area contributed by atoms with Crippen molar-refractivity contribution in [2.75, 3.05) is 14.2 Å². The zero-order chi connectivity index (χ0) is 33.5. The number of carbonyl (C=O) groups is 2. The van der Waals surface area contributed by atoms with Crippen LogP contribution in [0.2, 0.25) is 0 Å². The normalized spacial score (nSPS) is 17.5. The van der Waals surface area contributed by atoms with E-state index in [1.54, 1.807) is 28.1 Å². The monoisotopic (exact) mass is 588 g/mol. The van der Waals surface area contributed by atoms with E-state index in [-0.39, 0.29) is 25.7 Å². The van der Waals surface area contributed by atoms with Gasteiger partial charge in [0.1, 0.15) is 0 Å². The van der Waals surface area contributed by atoms with Crippen molar-refractivity contribution in [3.05, 3.63) is 0 Å². The van der Waals surface area contributed by atoms with E-state index in [4.69, 9.17) is 30.2 Å². The summed E-state index contributed by atoms with van der Waals surface area (Å²) in [5.41, 5.74) is -5.79. The van der Waals surface area contributed by atoms with Gasteiger partial charge in [-0.1, -0.05) is 0 Å². The van der Waals surface area contributed by atoms with Crippen molar-refractivity contribution in [1.82, 2.24) is 0 Å². The van der Waals surface area contributed by atoms with Gasteiger partial charge >= 0.3 is 11.9 Å². The minimum atomic E-state index is -1.35. The molecule has 0 spiro atoms. The third-order valence-corrected chi connectivity index (χ3v) is 6.24. The summed E-state index contributed by atoms with van der Waals surface area (Å²) in [6, 6.07) is 8.01. The average Bonchev–Trinajstić information content (AvgIpc) is 2.93. The van der Waals surface area contributed by atoms with Gasteiger partial charge in [-0.05, 0) is 68.2 Å². The van der Waals surface area contributed by atoms with E-state index in [0.717, 1.165) is 0 Å². The molecule has 0 heterocycles. The smallest absolute Gasteiger partial charge is 0.303 e. The zero-order valence-corrected chi connectivity index (χ0v) is 26.3. The van der Waals surface area contributed by atoms with Gasteiger partial charge in [-0.25, -0.2) is 0 Å². The van der Waals surface area contributed by atoms with Gasteiger partial charge in [-0.3, -0.25) is 9.59 Å². The number of carboxylic acid groups (broad SMARTS) is 2. The maximum atomic E-state index is 10.5. The molecule has 0 aliphatic carbocycles. The van der Waals surface area contributed by atoms with E-state index in [9.17, 15) is 20.1 Å². The molecule has 14 nitrogen and oxygen atoms in total. The summed E-state index contributed by atoms with van der Waals surface area (Å²) in [7, 11) is 3.19. The number of hydrogen-bond acceptors (Lipinski definition) is 12. The van der Waals surface area contributed by atoms with Crippen LogP contribution in [0, 0.1) is 45.3 Å². The van der Waals surface area contributed by atoms with Crippen molar-refractivity contribution in [3.8, 4) is 24.3 Å². The summed E-state index contributed by atoms with van der Waals surface area (Å²) in [5.74, 6) is -2.12. The van der Waals surface area contributed by atoms with Crippen molar-refractivity contribution in [1.29, 1.82) is 21.0 Å². The number of nitriles is 4. The lowest BCUT2D eigenvalue weighted by molar-refractivity contribution is -0.138. The Kier molecular flexibility index (Phi) is 15.7. The van der Waals surface area contributed by atoms with Crippen LogP contribution in [0.4, 0.5) is 0 Å². The van der Waals surface area contributed by atoms with E-state index >= 15 is 0 Å². The zero-order valence-electron chi connectivity index (χ0n) is 26.3. The minimum Gasteiger partial charge on any atom is -0.481 e.